The van der Waals surface area contributed by atoms with E-state index in [0.717, 1.165) is 36.0 Å². The van der Waals surface area contributed by atoms with E-state index >= 15 is 0 Å². The Balaban J connectivity index is 2.47. The zero-order valence-corrected chi connectivity index (χ0v) is 8.75. The molecule has 3 heteroatoms. The average Bonchev–Trinajstić information content (AvgIpc) is 2.28. The third-order valence-corrected chi connectivity index (χ3v) is 2.93. The molecule has 0 spiro atoms. The van der Waals surface area contributed by atoms with Crippen molar-refractivity contribution in [2.75, 3.05) is 13.1 Å². The lowest BCUT2D eigenvalue weighted by atomic mass is 10.0. The summed E-state index contributed by atoms with van der Waals surface area (Å²) in [5.41, 5.74) is 2.55. The van der Waals surface area contributed by atoms with Gasteiger partial charge >= 0.3 is 0 Å². The second-order valence-corrected chi connectivity index (χ2v) is 4.12. The molecule has 1 heterocycles. The van der Waals surface area contributed by atoms with E-state index in [1.807, 2.05) is 12.1 Å². The standard InChI is InChI=1S/C10H11Cl2N/c11-8-5-7-1-3-13-4-2-9(7)10(12)6-8/h5-6,13H,1-4H2. The summed E-state index contributed by atoms with van der Waals surface area (Å²) in [5.74, 6) is 0. The van der Waals surface area contributed by atoms with Gasteiger partial charge in [0, 0.05) is 10.0 Å². The van der Waals surface area contributed by atoms with Crippen LogP contribution in [0, 0.1) is 0 Å². The highest BCUT2D eigenvalue weighted by molar-refractivity contribution is 6.35. The lowest BCUT2D eigenvalue weighted by Gasteiger charge is -2.07. The van der Waals surface area contributed by atoms with Gasteiger partial charge in [-0.2, -0.15) is 0 Å². The van der Waals surface area contributed by atoms with Crippen molar-refractivity contribution in [1.82, 2.24) is 5.32 Å². The van der Waals surface area contributed by atoms with E-state index in [1.165, 1.54) is 11.1 Å². The van der Waals surface area contributed by atoms with Crippen LogP contribution in [-0.4, -0.2) is 13.1 Å². The number of halogens is 2. The average molecular weight is 216 g/mol. The molecular weight excluding hydrogens is 205 g/mol. The summed E-state index contributed by atoms with van der Waals surface area (Å²) >= 11 is 12.0. The van der Waals surface area contributed by atoms with E-state index in [-0.39, 0.29) is 0 Å². The predicted octanol–water partition coefficient (Wildman–Crippen LogP) is 2.68. The summed E-state index contributed by atoms with van der Waals surface area (Å²) < 4.78 is 0. The summed E-state index contributed by atoms with van der Waals surface area (Å²) in [6.45, 7) is 2.03. The van der Waals surface area contributed by atoms with Crippen LogP contribution in [0.1, 0.15) is 11.1 Å². The fourth-order valence-electron chi connectivity index (χ4n) is 1.72. The molecule has 0 bridgehead atoms. The largest absolute Gasteiger partial charge is 0.316 e. The summed E-state index contributed by atoms with van der Waals surface area (Å²) in [4.78, 5) is 0. The Morgan fingerprint density at radius 1 is 1.08 bits per heavy atom. The highest BCUT2D eigenvalue weighted by atomic mass is 35.5. The van der Waals surface area contributed by atoms with Gasteiger partial charge in [-0.15, -0.1) is 0 Å². The molecule has 1 aromatic carbocycles. The van der Waals surface area contributed by atoms with Gasteiger partial charge in [0.2, 0.25) is 0 Å². The third-order valence-electron chi connectivity index (χ3n) is 2.38. The van der Waals surface area contributed by atoms with Crippen molar-refractivity contribution in [2.24, 2.45) is 0 Å². The van der Waals surface area contributed by atoms with E-state index in [1.54, 1.807) is 0 Å². The number of hydrogen-bond donors (Lipinski definition) is 1. The molecule has 0 saturated carbocycles. The molecule has 1 aromatic rings. The highest BCUT2D eigenvalue weighted by Gasteiger charge is 2.11. The van der Waals surface area contributed by atoms with Crippen LogP contribution in [-0.2, 0) is 12.8 Å². The topological polar surface area (TPSA) is 12.0 Å². The Labute approximate surface area is 88.0 Å². The summed E-state index contributed by atoms with van der Waals surface area (Å²) in [6, 6.07) is 3.85. The minimum Gasteiger partial charge on any atom is -0.316 e. The van der Waals surface area contributed by atoms with Gasteiger partial charge in [-0.25, -0.2) is 0 Å². The van der Waals surface area contributed by atoms with Crippen LogP contribution in [0.2, 0.25) is 10.0 Å². The van der Waals surface area contributed by atoms with Crippen LogP contribution in [0.15, 0.2) is 12.1 Å². The van der Waals surface area contributed by atoms with E-state index in [4.69, 9.17) is 23.2 Å². The Morgan fingerprint density at radius 2 is 1.85 bits per heavy atom. The molecule has 1 aliphatic rings. The van der Waals surface area contributed by atoms with Crippen molar-refractivity contribution in [3.8, 4) is 0 Å². The highest BCUT2D eigenvalue weighted by Crippen LogP contribution is 2.26. The van der Waals surface area contributed by atoms with Crippen molar-refractivity contribution in [1.29, 1.82) is 0 Å². The maximum absolute atomic E-state index is 6.11. The Hall–Kier alpha value is -0.240. The number of hydrogen-bond acceptors (Lipinski definition) is 1. The number of nitrogens with one attached hydrogen (secondary N) is 1. The van der Waals surface area contributed by atoms with E-state index in [0.29, 0.717) is 0 Å². The quantitative estimate of drug-likeness (QED) is 0.703. The molecule has 2 rings (SSSR count). The van der Waals surface area contributed by atoms with E-state index < -0.39 is 0 Å². The first-order valence-corrected chi connectivity index (χ1v) is 5.20. The van der Waals surface area contributed by atoms with Crippen LogP contribution in [0.3, 0.4) is 0 Å². The van der Waals surface area contributed by atoms with Crippen LogP contribution >= 0.6 is 23.2 Å². The van der Waals surface area contributed by atoms with Crippen LogP contribution in [0.5, 0.6) is 0 Å². The van der Waals surface area contributed by atoms with Gasteiger partial charge in [-0.1, -0.05) is 23.2 Å². The Bertz CT molecular complexity index is 323. The zero-order chi connectivity index (χ0) is 9.26. The second-order valence-electron chi connectivity index (χ2n) is 3.28. The predicted molar refractivity (Wildman–Crippen MR) is 56.7 cm³/mol. The van der Waals surface area contributed by atoms with E-state index in [2.05, 4.69) is 5.32 Å². The molecule has 0 aliphatic carbocycles. The smallest absolute Gasteiger partial charge is 0.0456 e. The molecule has 13 heavy (non-hydrogen) atoms. The molecule has 0 fully saturated rings. The fraction of sp³-hybridized carbons (Fsp3) is 0.400. The van der Waals surface area contributed by atoms with Gasteiger partial charge < -0.3 is 5.32 Å². The molecule has 0 radical (unpaired) electrons. The molecular formula is C10H11Cl2N. The molecule has 0 atom stereocenters. The SMILES string of the molecule is Clc1cc(Cl)c2c(c1)CCNCC2. The van der Waals surface area contributed by atoms with Gasteiger partial charge in [0.25, 0.3) is 0 Å². The Kier molecular flexibility index (Phi) is 2.77. The first kappa shape index (κ1) is 9.32. The number of benzene rings is 1. The minimum atomic E-state index is 0.741. The maximum atomic E-state index is 6.11. The van der Waals surface area contributed by atoms with Gasteiger partial charge in [0.1, 0.15) is 0 Å². The van der Waals surface area contributed by atoms with Crippen LogP contribution in [0.4, 0.5) is 0 Å². The van der Waals surface area contributed by atoms with Crippen molar-refractivity contribution in [3.05, 3.63) is 33.3 Å². The van der Waals surface area contributed by atoms with E-state index in [9.17, 15) is 0 Å². The molecule has 1 aliphatic heterocycles. The fourth-order valence-corrected chi connectivity index (χ4v) is 2.35. The zero-order valence-electron chi connectivity index (χ0n) is 7.24. The summed E-state index contributed by atoms with van der Waals surface area (Å²) in [5, 5.41) is 4.89. The molecule has 70 valence electrons. The first-order chi connectivity index (χ1) is 6.27. The maximum Gasteiger partial charge on any atom is 0.0456 e. The van der Waals surface area contributed by atoms with Crippen molar-refractivity contribution < 1.29 is 0 Å². The molecule has 0 unspecified atom stereocenters. The van der Waals surface area contributed by atoms with Crippen molar-refractivity contribution >= 4 is 23.2 Å². The van der Waals surface area contributed by atoms with Gasteiger partial charge in [0.15, 0.2) is 0 Å². The summed E-state index contributed by atoms with van der Waals surface area (Å²) in [6.07, 6.45) is 2.03. The normalized spacial score (nSPS) is 16.5. The minimum absolute atomic E-state index is 0.741. The summed E-state index contributed by atoms with van der Waals surface area (Å²) in [7, 11) is 0. The second kappa shape index (κ2) is 3.87. The monoisotopic (exact) mass is 215 g/mol. The molecule has 0 aromatic heterocycles. The third kappa shape index (κ3) is 1.98. The van der Waals surface area contributed by atoms with Crippen LogP contribution < -0.4 is 5.32 Å². The lowest BCUT2D eigenvalue weighted by Crippen LogP contribution is -2.16. The lowest BCUT2D eigenvalue weighted by molar-refractivity contribution is 0.711. The van der Waals surface area contributed by atoms with Crippen LogP contribution in [0.25, 0.3) is 0 Å². The molecule has 1 N–H and O–H groups in total. The first-order valence-electron chi connectivity index (χ1n) is 4.45. The van der Waals surface area contributed by atoms with Gasteiger partial charge in [-0.3, -0.25) is 0 Å². The molecule has 0 saturated heterocycles. The van der Waals surface area contributed by atoms with Crippen molar-refractivity contribution in [2.45, 2.75) is 12.8 Å². The molecule has 1 nitrogen and oxygen atoms in total. The van der Waals surface area contributed by atoms with Crippen molar-refractivity contribution in [3.63, 3.8) is 0 Å². The number of rotatable bonds is 0. The molecule has 0 amide bonds. The Morgan fingerprint density at radius 3 is 2.69 bits per heavy atom. The van der Waals surface area contributed by atoms with Gasteiger partial charge in [0.05, 0.1) is 0 Å². The number of fused-ring (bicyclic) bond motifs is 1. The van der Waals surface area contributed by atoms with Gasteiger partial charge in [-0.05, 0) is 49.2 Å².